The number of nitrogens with zero attached hydrogens (tertiary/aromatic N) is 4. The molecule has 3 aromatic heterocycles. The Labute approximate surface area is 190 Å². The Hall–Kier alpha value is -2.98. The van der Waals surface area contributed by atoms with Crippen LogP contribution in [-0.4, -0.2) is 53.4 Å². The number of hydrogen-bond acceptors (Lipinski definition) is 9. The van der Waals surface area contributed by atoms with Crippen LogP contribution in [0.5, 0.6) is 5.88 Å². The Kier molecular flexibility index (Phi) is 6.43. The molecule has 0 unspecified atom stereocenters. The minimum absolute atomic E-state index is 0.120. The van der Waals surface area contributed by atoms with Crippen molar-refractivity contribution in [3.8, 4) is 16.3 Å². The predicted molar refractivity (Wildman–Crippen MR) is 121 cm³/mol. The lowest BCUT2D eigenvalue weighted by atomic mass is 10.1. The van der Waals surface area contributed by atoms with Gasteiger partial charge in [-0.3, -0.25) is 4.79 Å². The monoisotopic (exact) mass is 457 g/mol. The lowest BCUT2D eigenvalue weighted by Gasteiger charge is -2.35. The van der Waals surface area contributed by atoms with Gasteiger partial charge in [0, 0.05) is 30.4 Å². The van der Waals surface area contributed by atoms with E-state index in [1.165, 1.54) is 6.26 Å². The summed E-state index contributed by atoms with van der Waals surface area (Å²) in [6.45, 7) is 9.60. The average molecular weight is 458 g/mol. The van der Waals surface area contributed by atoms with Crippen LogP contribution in [-0.2, 0) is 11.3 Å². The lowest BCUT2D eigenvalue weighted by Crippen LogP contribution is -2.45. The molecule has 1 amide bonds. The number of morpholine rings is 1. The van der Waals surface area contributed by atoms with E-state index in [1.807, 2.05) is 19.1 Å². The molecule has 1 N–H and O–H groups in total. The van der Waals surface area contributed by atoms with Crippen LogP contribution in [0.2, 0.25) is 0 Å². The van der Waals surface area contributed by atoms with E-state index >= 15 is 0 Å². The number of pyridine rings is 1. The van der Waals surface area contributed by atoms with Crippen molar-refractivity contribution in [2.24, 2.45) is 0 Å². The Morgan fingerprint density at radius 1 is 1.25 bits per heavy atom. The van der Waals surface area contributed by atoms with Crippen molar-refractivity contribution in [2.75, 3.05) is 25.1 Å². The van der Waals surface area contributed by atoms with E-state index in [9.17, 15) is 4.79 Å². The highest BCUT2D eigenvalue weighted by atomic mass is 32.1. The predicted octanol–water partition coefficient (Wildman–Crippen LogP) is 3.36. The summed E-state index contributed by atoms with van der Waals surface area (Å²) in [5.74, 6) is 0.292. The largest absolute Gasteiger partial charge is 0.481 e. The first-order valence-corrected chi connectivity index (χ1v) is 11.3. The maximum absolute atomic E-state index is 12.6. The molecule has 0 spiro atoms. The molecule has 0 radical (unpaired) electrons. The molecule has 3 aromatic rings. The van der Waals surface area contributed by atoms with E-state index in [2.05, 4.69) is 34.2 Å². The zero-order chi connectivity index (χ0) is 22.8. The van der Waals surface area contributed by atoms with Crippen molar-refractivity contribution in [1.29, 1.82) is 0 Å². The number of methoxy groups -OCH3 is 1. The number of anilines is 1. The maximum Gasteiger partial charge on any atom is 0.256 e. The number of rotatable bonds is 6. The normalized spacial score (nSPS) is 18.6. The van der Waals surface area contributed by atoms with Crippen LogP contribution in [0, 0.1) is 13.8 Å². The number of aryl methyl sites for hydroxylation is 2. The summed E-state index contributed by atoms with van der Waals surface area (Å²) in [6, 6.07) is 3.89. The van der Waals surface area contributed by atoms with E-state index in [-0.39, 0.29) is 24.7 Å². The van der Waals surface area contributed by atoms with Gasteiger partial charge in [0.2, 0.25) is 5.88 Å². The second kappa shape index (κ2) is 9.25. The highest BCUT2D eigenvalue weighted by molar-refractivity contribution is 7.19. The summed E-state index contributed by atoms with van der Waals surface area (Å²) in [5, 5.41) is 7.63. The summed E-state index contributed by atoms with van der Waals surface area (Å²) in [7, 11) is 1.60. The van der Waals surface area contributed by atoms with Gasteiger partial charge in [-0.25, -0.2) is 9.97 Å². The Morgan fingerprint density at radius 3 is 2.66 bits per heavy atom. The van der Waals surface area contributed by atoms with Gasteiger partial charge in [0.15, 0.2) is 5.13 Å². The molecule has 32 heavy (non-hydrogen) atoms. The van der Waals surface area contributed by atoms with E-state index in [0.29, 0.717) is 17.1 Å². The van der Waals surface area contributed by atoms with E-state index in [4.69, 9.17) is 19.0 Å². The molecule has 4 rings (SSSR count). The summed E-state index contributed by atoms with van der Waals surface area (Å²) >= 11 is 1.60. The standard InChI is InChI=1S/C22H27N5O4S/c1-12-6-16(7-19(24-12)29-5)20-18(8-23-21(28)17-11-30-26-15(17)4)25-22(32-20)27-9-13(2)31-14(3)10-27/h6-7,11,13-14H,8-10H2,1-5H3,(H,23,28)/t13-,14+. The number of carbonyl (C=O) groups excluding carboxylic acids is 1. The van der Waals surface area contributed by atoms with Crippen molar-refractivity contribution in [1.82, 2.24) is 20.4 Å². The van der Waals surface area contributed by atoms with Crippen molar-refractivity contribution < 1.29 is 18.8 Å². The topological polar surface area (TPSA) is 103 Å². The third-order valence-corrected chi connectivity index (χ3v) is 6.40. The number of ether oxygens (including phenoxy) is 2. The van der Waals surface area contributed by atoms with Crippen LogP contribution in [0.15, 0.2) is 22.9 Å². The maximum atomic E-state index is 12.6. The highest BCUT2D eigenvalue weighted by Crippen LogP contribution is 2.37. The molecule has 1 fully saturated rings. The molecule has 9 nitrogen and oxygen atoms in total. The van der Waals surface area contributed by atoms with Gasteiger partial charge in [-0.2, -0.15) is 0 Å². The first kappa shape index (κ1) is 22.2. The summed E-state index contributed by atoms with van der Waals surface area (Å²) < 4.78 is 16.1. The van der Waals surface area contributed by atoms with Crippen LogP contribution in [0.3, 0.4) is 0 Å². The first-order valence-electron chi connectivity index (χ1n) is 10.5. The quantitative estimate of drug-likeness (QED) is 0.601. The minimum atomic E-state index is -0.249. The van der Waals surface area contributed by atoms with Crippen LogP contribution < -0.4 is 15.0 Å². The van der Waals surface area contributed by atoms with Crippen molar-refractivity contribution in [3.05, 3.63) is 41.0 Å². The number of carbonyl (C=O) groups is 1. The average Bonchev–Trinajstić information content (AvgIpc) is 3.37. The highest BCUT2D eigenvalue weighted by Gasteiger charge is 2.26. The Bertz CT molecular complexity index is 1100. The molecule has 0 saturated carbocycles. The van der Waals surface area contributed by atoms with Gasteiger partial charge in [-0.05, 0) is 33.8 Å². The van der Waals surface area contributed by atoms with E-state index < -0.39 is 0 Å². The second-order valence-electron chi connectivity index (χ2n) is 7.97. The van der Waals surface area contributed by atoms with Crippen molar-refractivity contribution >= 4 is 22.4 Å². The fraction of sp³-hybridized carbons (Fsp3) is 0.455. The fourth-order valence-electron chi connectivity index (χ4n) is 3.80. The van der Waals surface area contributed by atoms with Gasteiger partial charge in [-0.1, -0.05) is 16.5 Å². The molecule has 1 aliphatic rings. The third kappa shape index (κ3) is 4.76. The van der Waals surface area contributed by atoms with Gasteiger partial charge >= 0.3 is 0 Å². The number of thiazole rings is 1. The van der Waals surface area contributed by atoms with Crippen LogP contribution in [0.25, 0.3) is 10.4 Å². The molecule has 1 aliphatic heterocycles. The van der Waals surface area contributed by atoms with Crippen molar-refractivity contribution in [3.63, 3.8) is 0 Å². The van der Waals surface area contributed by atoms with Crippen LogP contribution in [0.4, 0.5) is 5.13 Å². The van der Waals surface area contributed by atoms with Crippen LogP contribution in [0.1, 0.15) is 41.3 Å². The SMILES string of the molecule is COc1cc(-c2sc(N3C[C@@H](C)O[C@@H](C)C3)nc2CNC(=O)c2conc2C)cc(C)n1. The lowest BCUT2D eigenvalue weighted by molar-refractivity contribution is -0.00523. The fourth-order valence-corrected chi connectivity index (χ4v) is 4.89. The van der Waals surface area contributed by atoms with E-state index in [0.717, 1.165) is 40.0 Å². The summed E-state index contributed by atoms with van der Waals surface area (Å²) in [5.41, 5.74) is 3.55. The molecule has 0 bridgehead atoms. The smallest absolute Gasteiger partial charge is 0.256 e. The third-order valence-electron chi connectivity index (χ3n) is 5.19. The van der Waals surface area contributed by atoms with Gasteiger partial charge in [0.1, 0.15) is 11.8 Å². The van der Waals surface area contributed by atoms with E-state index in [1.54, 1.807) is 25.4 Å². The molecular weight excluding hydrogens is 430 g/mol. The number of amides is 1. The summed E-state index contributed by atoms with van der Waals surface area (Å²) in [6.07, 6.45) is 1.59. The number of nitrogens with one attached hydrogen (secondary N) is 1. The molecule has 0 aromatic carbocycles. The Morgan fingerprint density at radius 2 is 2.00 bits per heavy atom. The molecule has 4 heterocycles. The number of aromatic nitrogens is 3. The first-order chi connectivity index (χ1) is 15.3. The summed E-state index contributed by atoms with van der Waals surface area (Å²) in [4.78, 5) is 25.1. The van der Waals surface area contributed by atoms with Gasteiger partial charge in [0.05, 0.1) is 42.1 Å². The molecule has 2 atom stereocenters. The molecule has 170 valence electrons. The van der Waals surface area contributed by atoms with Crippen LogP contribution >= 0.6 is 11.3 Å². The minimum Gasteiger partial charge on any atom is -0.481 e. The zero-order valence-electron chi connectivity index (χ0n) is 18.8. The van der Waals surface area contributed by atoms with Crippen molar-refractivity contribution in [2.45, 2.75) is 46.4 Å². The molecule has 10 heteroatoms. The molecular formula is C22H27N5O4S. The molecule has 0 aliphatic carbocycles. The van der Waals surface area contributed by atoms with Gasteiger partial charge in [-0.15, -0.1) is 0 Å². The second-order valence-corrected chi connectivity index (χ2v) is 8.95. The zero-order valence-corrected chi connectivity index (χ0v) is 19.7. The number of hydrogen-bond donors (Lipinski definition) is 1. The Balaban J connectivity index is 1.67. The van der Waals surface area contributed by atoms with Gasteiger partial charge < -0.3 is 24.2 Å². The van der Waals surface area contributed by atoms with Gasteiger partial charge in [0.25, 0.3) is 5.91 Å². The molecule has 1 saturated heterocycles.